The molecular formula is C9H11ClFNO3S. The van der Waals surface area contributed by atoms with Crippen LogP contribution in [0.2, 0.25) is 5.02 Å². The summed E-state index contributed by atoms with van der Waals surface area (Å²) in [6.45, 7) is -0.00859. The predicted molar refractivity (Wildman–Crippen MR) is 59.6 cm³/mol. The molecule has 0 bridgehead atoms. The molecule has 0 aliphatic rings. The Morgan fingerprint density at radius 1 is 1.50 bits per heavy atom. The molecule has 0 radical (unpaired) electrons. The van der Waals surface area contributed by atoms with Gasteiger partial charge in [0.1, 0.15) is 12.4 Å². The fourth-order valence-corrected chi connectivity index (χ4v) is 1.43. The van der Waals surface area contributed by atoms with Gasteiger partial charge in [0.05, 0.1) is 0 Å². The van der Waals surface area contributed by atoms with Crippen molar-refractivity contribution in [3.8, 4) is 5.75 Å². The number of halogens is 2. The van der Waals surface area contributed by atoms with Gasteiger partial charge in [-0.15, -0.1) is 0 Å². The molecule has 1 rings (SSSR count). The summed E-state index contributed by atoms with van der Waals surface area (Å²) in [5.74, 6) is 0.511. The van der Waals surface area contributed by atoms with Crippen LogP contribution in [0.25, 0.3) is 0 Å². The maximum atomic E-state index is 12.4. The minimum absolute atomic E-state index is 0.0555. The summed E-state index contributed by atoms with van der Waals surface area (Å²) in [5.41, 5.74) is 0. The summed E-state index contributed by atoms with van der Waals surface area (Å²) in [6.07, 6.45) is 0. The van der Waals surface area contributed by atoms with E-state index < -0.39 is 10.4 Å². The standard InChI is InChI=1S/C9H11ClFNO3S/c1-12(16(11,13)14)5-6-15-9-4-2-3-8(10)7-9/h2-4,7H,5-6H2,1H3. The molecule has 0 saturated heterocycles. The third-order valence-electron chi connectivity index (χ3n) is 1.84. The number of nitrogens with zero attached hydrogens (tertiary/aromatic N) is 1. The van der Waals surface area contributed by atoms with Crippen LogP contribution in [0.3, 0.4) is 0 Å². The number of benzene rings is 1. The molecule has 90 valence electrons. The monoisotopic (exact) mass is 267 g/mol. The van der Waals surface area contributed by atoms with E-state index in [-0.39, 0.29) is 13.2 Å². The molecule has 0 aromatic heterocycles. The highest BCUT2D eigenvalue weighted by atomic mass is 35.5. The molecule has 0 amide bonds. The van der Waals surface area contributed by atoms with E-state index >= 15 is 0 Å². The molecule has 0 unspecified atom stereocenters. The third-order valence-corrected chi connectivity index (χ3v) is 3.01. The lowest BCUT2D eigenvalue weighted by atomic mass is 10.3. The maximum Gasteiger partial charge on any atom is 0.374 e. The van der Waals surface area contributed by atoms with Crippen LogP contribution in [0.15, 0.2) is 24.3 Å². The SMILES string of the molecule is CN(CCOc1cccc(Cl)c1)S(=O)(=O)F. The molecule has 1 aromatic carbocycles. The fourth-order valence-electron chi connectivity index (χ4n) is 0.958. The summed E-state index contributed by atoms with van der Waals surface area (Å²) in [6, 6.07) is 6.65. The van der Waals surface area contributed by atoms with Gasteiger partial charge in [-0.2, -0.15) is 12.7 Å². The van der Waals surface area contributed by atoms with Gasteiger partial charge in [-0.05, 0) is 18.2 Å². The zero-order valence-electron chi connectivity index (χ0n) is 8.56. The molecule has 7 heteroatoms. The van der Waals surface area contributed by atoms with Crippen molar-refractivity contribution in [1.82, 2.24) is 4.31 Å². The van der Waals surface area contributed by atoms with Crippen molar-refractivity contribution in [1.29, 1.82) is 0 Å². The number of likely N-dealkylation sites (N-methyl/N-ethyl adjacent to an activating group) is 1. The van der Waals surface area contributed by atoms with Crippen molar-refractivity contribution < 1.29 is 17.0 Å². The summed E-state index contributed by atoms with van der Waals surface area (Å²) in [4.78, 5) is 0. The Kier molecular flexibility index (Phi) is 4.52. The lowest BCUT2D eigenvalue weighted by molar-refractivity contribution is 0.282. The van der Waals surface area contributed by atoms with Crippen molar-refractivity contribution in [2.24, 2.45) is 0 Å². The lowest BCUT2D eigenvalue weighted by Gasteiger charge is -2.11. The molecule has 0 heterocycles. The average molecular weight is 268 g/mol. The van der Waals surface area contributed by atoms with Crippen LogP contribution >= 0.6 is 11.6 Å². The van der Waals surface area contributed by atoms with E-state index in [4.69, 9.17) is 16.3 Å². The highest BCUT2D eigenvalue weighted by Gasteiger charge is 2.14. The molecule has 1 aromatic rings. The second-order valence-corrected chi connectivity index (χ2v) is 4.95. The van der Waals surface area contributed by atoms with E-state index in [0.717, 1.165) is 7.05 Å². The Hall–Kier alpha value is -0.850. The highest BCUT2D eigenvalue weighted by molar-refractivity contribution is 7.83. The van der Waals surface area contributed by atoms with Gasteiger partial charge in [-0.1, -0.05) is 21.6 Å². The second kappa shape index (κ2) is 5.47. The van der Waals surface area contributed by atoms with Crippen LogP contribution in [0, 0.1) is 0 Å². The van der Waals surface area contributed by atoms with Crippen molar-refractivity contribution >= 4 is 22.0 Å². The van der Waals surface area contributed by atoms with Crippen LogP contribution in [0.1, 0.15) is 0 Å². The van der Waals surface area contributed by atoms with E-state index in [9.17, 15) is 12.3 Å². The van der Waals surface area contributed by atoms with Crippen LogP contribution < -0.4 is 4.74 Å². The van der Waals surface area contributed by atoms with Crippen LogP contribution in [0.5, 0.6) is 5.75 Å². The van der Waals surface area contributed by atoms with Crippen LogP contribution in [0.4, 0.5) is 3.89 Å². The Balaban J connectivity index is 2.42. The van der Waals surface area contributed by atoms with Crippen LogP contribution in [-0.2, 0) is 10.4 Å². The predicted octanol–water partition coefficient (Wildman–Crippen LogP) is 1.86. The van der Waals surface area contributed by atoms with Crippen LogP contribution in [-0.4, -0.2) is 32.9 Å². The molecule has 0 atom stereocenters. The lowest BCUT2D eigenvalue weighted by Crippen LogP contribution is -2.27. The quantitative estimate of drug-likeness (QED) is 0.765. The van der Waals surface area contributed by atoms with Gasteiger partial charge in [0.25, 0.3) is 0 Å². The summed E-state index contributed by atoms with van der Waals surface area (Å²) >= 11 is 5.71. The molecule has 0 N–H and O–H groups in total. The van der Waals surface area contributed by atoms with Crippen molar-refractivity contribution in [3.05, 3.63) is 29.3 Å². The van der Waals surface area contributed by atoms with Gasteiger partial charge in [-0.25, -0.2) is 0 Å². The van der Waals surface area contributed by atoms with Gasteiger partial charge in [-0.3, -0.25) is 0 Å². The Labute approximate surface area is 98.9 Å². The minimum Gasteiger partial charge on any atom is -0.492 e. The van der Waals surface area contributed by atoms with E-state index in [0.29, 0.717) is 15.1 Å². The Morgan fingerprint density at radius 3 is 2.75 bits per heavy atom. The van der Waals surface area contributed by atoms with Gasteiger partial charge >= 0.3 is 10.4 Å². The van der Waals surface area contributed by atoms with Crippen molar-refractivity contribution in [2.75, 3.05) is 20.2 Å². The summed E-state index contributed by atoms with van der Waals surface area (Å²) < 4.78 is 39.0. The van der Waals surface area contributed by atoms with Gasteiger partial charge in [0.15, 0.2) is 0 Å². The first kappa shape index (κ1) is 13.2. The van der Waals surface area contributed by atoms with Gasteiger partial charge in [0, 0.05) is 18.6 Å². The van der Waals surface area contributed by atoms with E-state index in [2.05, 4.69) is 0 Å². The highest BCUT2D eigenvalue weighted by Crippen LogP contribution is 2.16. The van der Waals surface area contributed by atoms with Crippen molar-refractivity contribution in [3.63, 3.8) is 0 Å². The molecule has 0 aliphatic carbocycles. The fraction of sp³-hybridized carbons (Fsp3) is 0.333. The van der Waals surface area contributed by atoms with Gasteiger partial charge in [0.2, 0.25) is 0 Å². The molecule has 0 aliphatic heterocycles. The first-order chi connectivity index (χ1) is 7.39. The number of ether oxygens (including phenoxy) is 1. The minimum atomic E-state index is -4.64. The molecule has 0 saturated carbocycles. The largest absolute Gasteiger partial charge is 0.492 e. The summed E-state index contributed by atoms with van der Waals surface area (Å²) in [7, 11) is -3.50. The van der Waals surface area contributed by atoms with E-state index in [1.54, 1.807) is 24.3 Å². The molecule has 4 nitrogen and oxygen atoms in total. The zero-order chi connectivity index (χ0) is 12.2. The topological polar surface area (TPSA) is 46.6 Å². The Morgan fingerprint density at radius 2 is 2.19 bits per heavy atom. The van der Waals surface area contributed by atoms with Gasteiger partial charge < -0.3 is 4.74 Å². The molecule has 0 spiro atoms. The second-order valence-electron chi connectivity index (χ2n) is 3.07. The Bertz CT molecular complexity index is 452. The average Bonchev–Trinajstić information content (AvgIpc) is 2.16. The molecule has 16 heavy (non-hydrogen) atoms. The maximum absolute atomic E-state index is 12.4. The van der Waals surface area contributed by atoms with Crippen molar-refractivity contribution in [2.45, 2.75) is 0 Å². The first-order valence-corrected chi connectivity index (χ1v) is 6.16. The number of rotatable bonds is 5. The smallest absolute Gasteiger partial charge is 0.374 e. The third kappa shape index (κ3) is 4.34. The molecule has 0 fully saturated rings. The first-order valence-electron chi connectivity index (χ1n) is 4.44. The molecular weight excluding hydrogens is 257 g/mol. The number of hydrogen-bond acceptors (Lipinski definition) is 3. The summed E-state index contributed by atoms with van der Waals surface area (Å²) in [5, 5.41) is 0.518. The van der Waals surface area contributed by atoms with E-state index in [1.165, 1.54) is 0 Å². The number of hydrogen-bond donors (Lipinski definition) is 0. The normalized spacial score (nSPS) is 11.8. The zero-order valence-corrected chi connectivity index (χ0v) is 10.1. The van der Waals surface area contributed by atoms with E-state index in [1.807, 2.05) is 0 Å².